The van der Waals surface area contributed by atoms with E-state index in [-0.39, 0.29) is 11.7 Å². The van der Waals surface area contributed by atoms with Gasteiger partial charge in [0, 0.05) is 23.8 Å². The average molecular weight is 291 g/mol. The Labute approximate surface area is 121 Å². The van der Waals surface area contributed by atoms with Gasteiger partial charge in [0.1, 0.15) is 5.03 Å². The Hall–Kier alpha value is -1.60. The first-order valence-electron chi connectivity index (χ1n) is 6.67. The van der Waals surface area contributed by atoms with Crippen molar-refractivity contribution in [1.29, 1.82) is 0 Å². The van der Waals surface area contributed by atoms with Gasteiger partial charge in [-0.2, -0.15) is 0 Å². The van der Waals surface area contributed by atoms with Gasteiger partial charge in [0.15, 0.2) is 5.16 Å². The van der Waals surface area contributed by atoms with Crippen LogP contribution in [0.2, 0.25) is 0 Å². The lowest BCUT2D eigenvalue weighted by atomic mass is 10.1. The monoisotopic (exact) mass is 291 g/mol. The van der Waals surface area contributed by atoms with E-state index in [1.807, 2.05) is 19.2 Å². The second-order valence-electron chi connectivity index (χ2n) is 4.92. The maximum atomic E-state index is 11.8. The molecule has 2 aromatic rings. The molecule has 1 atom stereocenters. The number of H-pyrrole nitrogens is 1. The zero-order chi connectivity index (χ0) is 14.1. The van der Waals surface area contributed by atoms with Gasteiger partial charge in [0.25, 0.3) is 0 Å². The second-order valence-corrected chi connectivity index (χ2v) is 5.88. The van der Waals surface area contributed by atoms with Crippen LogP contribution in [-0.4, -0.2) is 26.8 Å². The molecule has 1 unspecified atom stereocenters. The molecular weight excluding hydrogens is 274 g/mol. The summed E-state index contributed by atoms with van der Waals surface area (Å²) in [6.45, 7) is 2.08. The second kappa shape index (κ2) is 5.41. The highest BCUT2D eigenvalue weighted by Gasteiger charge is 2.29. The topological polar surface area (TPSA) is 75.6 Å². The highest BCUT2D eigenvalue weighted by molar-refractivity contribution is 7.99. The van der Waals surface area contributed by atoms with Gasteiger partial charge in [0.2, 0.25) is 0 Å². The van der Waals surface area contributed by atoms with E-state index in [0.29, 0.717) is 11.2 Å². The van der Waals surface area contributed by atoms with Crippen LogP contribution in [0.15, 0.2) is 33.3 Å². The first kappa shape index (κ1) is 13.4. The van der Waals surface area contributed by atoms with Crippen molar-refractivity contribution in [3.63, 3.8) is 0 Å². The molecule has 0 saturated heterocycles. The average Bonchev–Trinajstić information content (AvgIpc) is 3.23. The molecule has 0 aromatic carbocycles. The summed E-state index contributed by atoms with van der Waals surface area (Å²) in [5.41, 5.74) is 0.979. The lowest BCUT2D eigenvalue weighted by Gasteiger charge is -2.14. The van der Waals surface area contributed by atoms with E-state index in [4.69, 9.17) is 0 Å². The van der Waals surface area contributed by atoms with Crippen LogP contribution in [0.25, 0.3) is 0 Å². The third kappa shape index (κ3) is 2.51. The zero-order valence-corrected chi connectivity index (χ0v) is 12.3. The fourth-order valence-corrected chi connectivity index (χ4v) is 3.15. The van der Waals surface area contributed by atoms with Crippen molar-refractivity contribution in [1.82, 2.24) is 25.1 Å². The molecule has 2 heterocycles. The van der Waals surface area contributed by atoms with Crippen LogP contribution in [0.4, 0.5) is 0 Å². The number of hydrogen-bond donors (Lipinski definition) is 2. The lowest BCUT2D eigenvalue weighted by Crippen LogP contribution is -2.16. The van der Waals surface area contributed by atoms with Gasteiger partial charge in [0.05, 0.1) is 0 Å². The zero-order valence-electron chi connectivity index (χ0n) is 11.5. The van der Waals surface area contributed by atoms with Crippen molar-refractivity contribution < 1.29 is 0 Å². The summed E-state index contributed by atoms with van der Waals surface area (Å²) in [6, 6.07) is 4.47. The number of pyridine rings is 1. The third-order valence-electron chi connectivity index (χ3n) is 3.47. The van der Waals surface area contributed by atoms with E-state index in [1.165, 1.54) is 11.8 Å². The Kier molecular flexibility index (Phi) is 3.62. The Morgan fingerprint density at radius 1 is 1.55 bits per heavy atom. The molecule has 106 valence electrons. The van der Waals surface area contributed by atoms with Crippen LogP contribution in [0.5, 0.6) is 0 Å². The fourth-order valence-electron chi connectivity index (χ4n) is 2.08. The molecule has 1 aliphatic carbocycles. The van der Waals surface area contributed by atoms with Gasteiger partial charge in [-0.1, -0.05) is 6.07 Å². The van der Waals surface area contributed by atoms with Crippen LogP contribution < -0.4 is 11.0 Å². The van der Waals surface area contributed by atoms with Crippen LogP contribution in [-0.2, 0) is 0 Å². The van der Waals surface area contributed by atoms with Crippen molar-refractivity contribution in [2.24, 2.45) is 0 Å². The maximum absolute atomic E-state index is 11.8. The van der Waals surface area contributed by atoms with Crippen LogP contribution >= 0.6 is 11.8 Å². The predicted molar refractivity (Wildman–Crippen MR) is 77.0 cm³/mol. The molecule has 0 aliphatic heterocycles. The highest BCUT2D eigenvalue weighted by Crippen LogP contribution is 2.38. The normalized spacial score (nSPS) is 16.3. The van der Waals surface area contributed by atoms with Gasteiger partial charge in [-0.15, -0.1) is 5.10 Å². The number of aromatic nitrogens is 4. The molecule has 0 radical (unpaired) electrons. The van der Waals surface area contributed by atoms with E-state index >= 15 is 0 Å². The molecule has 1 saturated carbocycles. The summed E-state index contributed by atoms with van der Waals surface area (Å²) in [7, 11) is 1.92. The summed E-state index contributed by atoms with van der Waals surface area (Å²) >= 11 is 1.44. The Morgan fingerprint density at radius 3 is 3.05 bits per heavy atom. The predicted octanol–water partition coefficient (Wildman–Crippen LogP) is 1.73. The lowest BCUT2D eigenvalue weighted by molar-refractivity contribution is 0.629. The van der Waals surface area contributed by atoms with E-state index in [0.717, 1.165) is 23.4 Å². The van der Waals surface area contributed by atoms with E-state index in [9.17, 15) is 4.79 Å². The molecule has 20 heavy (non-hydrogen) atoms. The van der Waals surface area contributed by atoms with E-state index in [2.05, 4.69) is 27.4 Å². The number of nitrogens with zero attached hydrogens (tertiary/aromatic N) is 3. The van der Waals surface area contributed by atoms with Gasteiger partial charge >= 0.3 is 5.69 Å². The summed E-state index contributed by atoms with van der Waals surface area (Å²) in [5.74, 6) is 0. The molecule has 0 spiro atoms. The van der Waals surface area contributed by atoms with Crippen molar-refractivity contribution in [3.8, 4) is 0 Å². The molecular formula is C13H17N5OS. The number of hydrogen-bond acceptors (Lipinski definition) is 5. The summed E-state index contributed by atoms with van der Waals surface area (Å²) < 4.78 is 1.74. The van der Waals surface area contributed by atoms with E-state index in [1.54, 1.807) is 10.8 Å². The minimum atomic E-state index is -0.130. The maximum Gasteiger partial charge on any atom is 0.344 e. The molecule has 0 bridgehead atoms. The van der Waals surface area contributed by atoms with Gasteiger partial charge in [-0.3, -0.25) is 4.57 Å². The standard InChI is InChI=1S/C13H17N5OS/c1-8(14-2)10-4-3-7-15-11(10)20-13-17-16-12(19)18(13)9-5-6-9/h3-4,7-9,14H,5-6H2,1-2H3,(H,16,19). The number of nitrogens with one attached hydrogen (secondary N) is 2. The molecule has 2 aromatic heterocycles. The van der Waals surface area contributed by atoms with Crippen LogP contribution in [0, 0.1) is 0 Å². The Bertz CT molecular complexity index is 661. The van der Waals surface area contributed by atoms with Crippen LogP contribution in [0.1, 0.15) is 37.4 Å². The first-order valence-corrected chi connectivity index (χ1v) is 7.49. The molecule has 7 heteroatoms. The highest BCUT2D eigenvalue weighted by atomic mass is 32.2. The Balaban J connectivity index is 1.94. The van der Waals surface area contributed by atoms with Gasteiger partial charge in [-0.05, 0) is 44.6 Å². The minimum absolute atomic E-state index is 0.130. The summed E-state index contributed by atoms with van der Waals surface area (Å²) in [5, 5.41) is 11.5. The molecule has 0 amide bonds. The van der Waals surface area contributed by atoms with Crippen molar-refractivity contribution >= 4 is 11.8 Å². The van der Waals surface area contributed by atoms with Crippen molar-refractivity contribution in [2.75, 3.05) is 7.05 Å². The molecule has 1 aliphatic rings. The molecule has 6 nitrogen and oxygen atoms in total. The van der Waals surface area contributed by atoms with Crippen molar-refractivity contribution in [2.45, 2.75) is 42.0 Å². The largest absolute Gasteiger partial charge is 0.344 e. The van der Waals surface area contributed by atoms with Crippen molar-refractivity contribution in [3.05, 3.63) is 34.4 Å². The first-order chi connectivity index (χ1) is 9.70. The number of rotatable bonds is 5. The Morgan fingerprint density at radius 2 is 2.35 bits per heavy atom. The van der Waals surface area contributed by atoms with Gasteiger partial charge in [-0.25, -0.2) is 14.9 Å². The molecule has 3 rings (SSSR count). The van der Waals surface area contributed by atoms with E-state index < -0.39 is 0 Å². The summed E-state index contributed by atoms with van der Waals surface area (Å²) in [4.78, 5) is 16.2. The van der Waals surface area contributed by atoms with Gasteiger partial charge < -0.3 is 5.32 Å². The quantitative estimate of drug-likeness (QED) is 0.877. The molecule has 1 fully saturated rings. The van der Waals surface area contributed by atoms with Crippen LogP contribution in [0.3, 0.4) is 0 Å². The summed E-state index contributed by atoms with van der Waals surface area (Å²) in [6.07, 6.45) is 3.87. The minimum Gasteiger partial charge on any atom is -0.313 e. The number of aromatic amines is 1. The fraction of sp³-hybridized carbons (Fsp3) is 0.462. The molecule has 2 N–H and O–H groups in total. The SMILES string of the molecule is CNC(C)c1cccnc1Sc1n[nH]c(=O)n1C1CC1. The smallest absolute Gasteiger partial charge is 0.313 e. The third-order valence-corrected chi connectivity index (χ3v) is 4.48.